The molecule has 2 N–H and O–H groups in total. The molecule has 1 atom stereocenters. The highest BCUT2D eigenvalue weighted by atomic mass is 16.3. The van der Waals surface area contributed by atoms with Gasteiger partial charge in [0, 0.05) is 13.1 Å². The van der Waals surface area contributed by atoms with Gasteiger partial charge in [0.1, 0.15) is 5.69 Å². The van der Waals surface area contributed by atoms with Crippen LogP contribution in [0.5, 0.6) is 0 Å². The molecule has 0 aliphatic rings. The molecule has 0 aliphatic carbocycles. The van der Waals surface area contributed by atoms with Crippen LogP contribution in [0.2, 0.25) is 0 Å². The summed E-state index contributed by atoms with van der Waals surface area (Å²) < 4.78 is 1.68. The van der Waals surface area contributed by atoms with E-state index in [0.717, 1.165) is 11.3 Å². The Hall–Kier alpha value is -2.14. The summed E-state index contributed by atoms with van der Waals surface area (Å²) >= 11 is 0. The minimum atomic E-state index is -0.565. The number of hydrogen-bond donors (Lipinski definition) is 2. The number of nitrogens with one attached hydrogen (secondary N) is 1. The summed E-state index contributed by atoms with van der Waals surface area (Å²) in [6.07, 6.45) is -0.0843. The van der Waals surface area contributed by atoms with Crippen molar-refractivity contribution in [2.45, 2.75) is 32.9 Å². The maximum Gasteiger partial charge on any atom is 0.269 e. The minimum absolute atomic E-state index is 0.155. The fourth-order valence-electron chi connectivity index (χ4n) is 2.22. The maximum absolute atomic E-state index is 12.1. The Morgan fingerprint density at radius 1 is 1.38 bits per heavy atom. The van der Waals surface area contributed by atoms with Crippen molar-refractivity contribution in [3.05, 3.63) is 53.3 Å². The van der Waals surface area contributed by atoms with Crippen LogP contribution >= 0.6 is 0 Å². The van der Waals surface area contributed by atoms with Crippen molar-refractivity contribution in [3.8, 4) is 0 Å². The number of benzene rings is 1. The van der Waals surface area contributed by atoms with E-state index in [4.69, 9.17) is 0 Å². The predicted molar refractivity (Wildman–Crippen MR) is 81.0 cm³/mol. The van der Waals surface area contributed by atoms with Crippen molar-refractivity contribution >= 4 is 5.91 Å². The first-order chi connectivity index (χ1) is 10.1. The van der Waals surface area contributed by atoms with E-state index in [2.05, 4.69) is 10.4 Å². The van der Waals surface area contributed by atoms with Gasteiger partial charge in [-0.1, -0.05) is 30.3 Å². The van der Waals surface area contributed by atoms with Crippen molar-refractivity contribution in [3.63, 3.8) is 0 Å². The van der Waals surface area contributed by atoms with Crippen LogP contribution in [0.4, 0.5) is 0 Å². The maximum atomic E-state index is 12.1. The van der Waals surface area contributed by atoms with E-state index < -0.39 is 6.10 Å². The smallest absolute Gasteiger partial charge is 0.269 e. The third kappa shape index (κ3) is 3.92. The highest BCUT2D eigenvalue weighted by Crippen LogP contribution is 2.15. The van der Waals surface area contributed by atoms with Gasteiger partial charge >= 0.3 is 0 Å². The van der Waals surface area contributed by atoms with Gasteiger partial charge in [-0.05, 0) is 31.9 Å². The number of amides is 1. The van der Waals surface area contributed by atoms with Crippen LogP contribution in [0, 0.1) is 6.92 Å². The van der Waals surface area contributed by atoms with Gasteiger partial charge in [0.2, 0.25) is 0 Å². The Morgan fingerprint density at radius 3 is 2.76 bits per heavy atom. The van der Waals surface area contributed by atoms with E-state index in [-0.39, 0.29) is 5.91 Å². The predicted octanol–water partition coefficient (Wildman–Crippen LogP) is 2.06. The van der Waals surface area contributed by atoms with Crippen LogP contribution in [0.15, 0.2) is 36.4 Å². The average Bonchev–Trinajstić information content (AvgIpc) is 2.89. The summed E-state index contributed by atoms with van der Waals surface area (Å²) in [7, 11) is 0. The van der Waals surface area contributed by atoms with Gasteiger partial charge in [-0.25, -0.2) is 0 Å². The Labute approximate surface area is 124 Å². The summed E-state index contributed by atoms with van der Waals surface area (Å²) in [5.74, 6) is -0.155. The van der Waals surface area contributed by atoms with Crippen LogP contribution in [-0.4, -0.2) is 27.3 Å². The number of aryl methyl sites for hydroxylation is 2. The molecular weight excluding hydrogens is 266 g/mol. The summed E-state index contributed by atoms with van der Waals surface area (Å²) in [6, 6.07) is 11.2. The normalized spacial score (nSPS) is 12.1. The first-order valence-corrected chi connectivity index (χ1v) is 7.17. The van der Waals surface area contributed by atoms with Gasteiger partial charge in [0.15, 0.2) is 0 Å². The molecule has 0 bridgehead atoms. The van der Waals surface area contributed by atoms with Crippen LogP contribution < -0.4 is 5.32 Å². The molecule has 0 saturated carbocycles. The zero-order valence-corrected chi connectivity index (χ0v) is 12.4. The summed E-state index contributed by atoms with van der Waals surface area (Å²) in [6.45, 7) is 4.89. The molecule has 21 heavy (non-hydrogen) atoms. The van der Waals surface area contributed by atoms with Gasteiger partial charge in [0.25, 0.3) is 5.91 Å². The molecule has 0 radical (unpaired) electrons. The van der Waals surface area contributed by atoms with Crippen LogP contribution in [0.3, 0.4) is 0 Å². The highest BCUT2D eigenvalue weighted by molar-refractivity contribution is 5.92. The Morgan fingerprint density at radius 2 is 2.10 bits per heavy atom. The summed E-state index contributed by atoms with van der Waals surface area (Å²) in [5.41, 5.74) is 2.25. The second-order valence-electron chi connectivity index (χ2n) is 4.96. The number of aliphatic hydroxyl groups excluding tert-OH is 1. The lowest BCUT2D eigenvalue weighted by molar-refractivity contribution is 0.0932. The molecular formula is C16H21N3O2. The largest absolute Gasteiger partial charge is 0.388 e. The van der Waals surface area contributed by atoms with Gasteiger partial charge in [-0.15, -0.1) is 0 Å². The average molecular weight is 287 g/mol. The van der Waals surface area contributed by atoms with Gasteiger partial charge < -0.3 is 10.4 Å². The van der Waals surface area contributed by atoms with E-state index in [0.29, 0.717) is 25.2 Å². The summed E-state index contributed by atoms with van der Waals surface area (Å²) in [5, 5.41) is 17.1. The molecule has 2 rings (SSSR count). The van der Waals surface area contributed by atoms with Crippen molar-refractivity contribution < 1.29 is 9.90 Å². The molecule has 1 amide bonds. The van der Waals surface area contributed by atoms with Crippen LogP contribution in [0.1, 0.15) is 41.2 Å². The quantitative estimate of drug-likeness (QED) is 0.854. The van der Waals surface area contributed by atoms with E-state index in [1.165, 1.54) is 0 Å². The fourth-order valence-corrected chi connectivity index (χ4v) is 2.22. The second-order valence-corrected chi connectivity index (χ2v) is 4.96. The standard InChI is InChI=1S/C16H21N3O2/c1-3-19-14(11-12(2)18-19)16(21)17-10-9-15(20)13-7-5-4-6-8-13/h4-8,11,15,20H,3,9-10H2,1-2H3,(H,17,21)/t15-/m0/s1. The van der Waals surface area contributed by atoms with Gasteiger partial charge in [0.05, 0.1) is 11.8 Å². The first-order valence-electron chi connectivity index (χ1n) is 7.17. The van der Waals surface area contributed by atoms with E-state index in [1.807, 2.05) is 44.2 Å². The Bertz CT molecular complexity index is 593. The number of nitrogens with zero attached hydrogens (tertiary/aromatic N) is 2. The van der Waals surface area contributed by atoms with Gasteiger partial charge in [-0.2, -0.15) is 5.10 Å². The third-order valence-corrected chi connectivity index (χ3v) is 3.32. The Balaban J connectivity index is 1.87. The second kappa shape index (κ2) is 7.04. The SMILES string of the molecule is CCn1nc(C)cc1C(=O)NCC[C@H](O)c1ccccc1. The molecule has 0 fully saturated rings. The molecule has 2 aromatic rings. The number of hydrogen-bond acceptors (Lipinski definition) is 3. The summed E-state index contributed by atoms with van der Waals surface area (Å²) in [4.78, 5) is 12.1. The zero-order chi connectivity index (χ0) is 15.2. The molecule has 1 heterocycles. The van der Waals surface area contributed by atoms with Crippen molar-refractivity contribution in [1.82, 2.24) is 15.1 Å². The number of carbonyl (C=O) groups excluding carboxylic acids is 1. The molecule has 0 saturated heterocycles. The van der Waals surface area contributed by atoms with Crippen molar-refractivity contribution in [2.24, 2.45) is 0 Å². The van der Waals surface area contributed by atoms with Crippen molar-refractivity contribution in [1.29, 1.82) is 0 Å². The molecule has 0 unspecified atom stereocenters. The van der Waals surface area contributed by atoms with Crippen molar-refractivity contribution in [2.75, 3.05) is 6.54 Å². The van der Waals surface area contributed by atoms with Crippen LogP contribution in [-0.2, 0) is 6.54 Å². The van der Waals surface area contributed by atoms with Crippen LogP contribution in [0.25, 0.3) is 0 Å². The molecule has 1 aromatic carbocycles. The van der Waals surface area contributed by atoms with E-state index in [9.17, 15) is 9.90 Å². The van der Waals surface area contributed by atoms with E-state index >= 15 is 0 Å². The third-order valence-electron chi connectivity index (χ3n) is 3.32. The topological polar surface area (TPSA) is 67.2 Å². The lowest BCUT2D eigenvalue weighted by Gasteiger charge is -2.11. The fraction of sp³-hybridized carbons (Fsp3) is 0.375. The number of carbonyl (C=O) groups is 1. The van der Waals surface area contributed by atoms with Gasteiger partial charge in [-0.3, -0.25) is 9.48 Å². The zero-order valence-electron chi connectivity index (χ0n) is 12.4. The number of aromatic nitrogens is 2. The minimum Gasteiger partial charge on any atom is -0.388 e. The number of aliphatic hydroxyl groups is 1. The first kappa shape index (κ1) is 15.3. The van der Waals surface area contributed by atoms with E-state index in [1.54, 1.807) is 10.7 Å². The molecule has 1 aromatic heterocycles. The molecule has 5 nitrogen and oxygen atoms in total. The number of rotatable bonds is 6. The monoisotopic (exact) mass is 287 g/mol. The molecule has 0 aliphatic heterocycles. The molecule has 112 valence electrons. The highest BCUT2D eigenvalue weighted by Gasteiger charge is 2.13. The Kier molecular flexibility index (Phi) is 5.11. The lowest BCUT2D eigenvalue weighted by atomic mass is 10.1. The molecule has 5 heteroatoms. The molecule has 0 spiro atoms. The lowest BCUT2D eigenvalue weighted by Crippen LogP contribution is -2.28.